The lowest BCUT2D eigenvalue weighted by molar-refractivity contribution is -0.111. The van der Waals surface area contributed by atoms with Crippen molar-refractivity contribution in [2.75, 3.05) is 23.3 Å². The molecule has 1 amide bonds. The van der Waals surface area contributed by atoms with E-state index in [4.69, 9.17) is 9.47 Å². The Balaban J connectivity index is 1.65. The predicted octanol–water partition coefficient (Wildman–Crippen LogP) is 4.34. The van der Waals surface area contributed by atoms with E-state index >= 15 is 0 Å². The fourth-order valence-electron chi connectivity index (χ4n) is 3.20. The number of sulfonamides is 1. The molecule has 0 unspecified atom stereocenters. The maximum atomic E-state index is 12.6. The molecule has 1 aromatic heterocycles. The van der Waals surface area contributed by atoms with E-state index in [1.54, 1.807) is 38.1 Å². The van der Waals surface area contributed by atoms with Gasteiger partial charge in [0.25, 0.3) is 10.0 Å². The third kappa shape index (κ3) is 7.28. The lowest BCUT2D eigenvalue weighted by atomic mass is 10.2. The molecule has 0 aliphatic heterocycles. The number of amides is 1. The maximum absolute atomic E-state index is 12.6. The summed E-state index contributed by atoms with van der Waals surface area (Å²) in [6.07, 6.45) is 3.04. The van der Waals surface area contributed by atoms with Gasteiger partial charge in [-0.3, -0.25) is 4.79 Å². The normalized spacial score (nSPS) is 11.3. The van der Waals surface area contributed by atoms with Crippen molar-refractivity contribution >= 4 is 33.6 Å². The first-order chi connectivity index (χ1) is 16.7. The van der Waals surface area contributed by atoms with Crippen LogP contribution in [-0.4, -0.2) is 37.5 Å². The number of hydrogen-bond donors (Lipinski definition) is 2. The zero-order chi connectivity index (χ0) is 25.4. The van der Waals surface area contributed by atoms with Gasteiger partial charge < -0.3 is 14.8 Å². The maximum Gasteiger partial charge on any atom is 0.264 e. The van der Waals surface area contributed by atoms with Crippen molar-refractivity contribution in [2.24, 2.45) is 0 Å². The van der Waals surface area contributed by atoms with Crippen molar-refractivity contribution in [2.45, 2.75) is 32.6 Å². The van der Waals surface area contributed by atoms with Gasteiger partial charge in [0.1, 0.15) is 0 Å². The molecule has 0 bridgehead atoms. The van der Waals surface area contributed by atoms with E-state index < -0.39 is 10.0 Å². The summed E-state index contributed by atoms with van der Waals surface area (Å²) in [5.74, 6) is 0.888. The molecule has 0 radical (unpaired) electrons. The second-order valence-corrected chi connectivity index (χ2v) is 9.18. The molecule has 0 fully saturated rings. The molecule has 3 aromatic rings. The minimum atomic E-state index is -3.88. The molecule has 184 valence electrons. The first kappa shape index (κ1) is 25.7. The third-order valence-electron chi connectivity index (χ3n) is 4.63. The Morgan fingerprint density at radius 2 is 1.54 bits per heavy atom. The van der Waals surface area contributed by atoms with E-state index in [9.17, 15) is 13.2 Å². The number of nitrogens with one attached hydrogen (secondary N) is 2. The first-order valence-electron chi connectivity index (χ1n) is 11.0. The summed E-state index contributed by atoms with van der Waals surface area (Å²) in [7, 11) is -3.88. The Bertz CT molecular complexity index is 1300. The summed E-state index contributed by atoms with van der Waals surface area (Å²) < 4.78 is 38.8. The molecular formula is C25H28N4O5S. The number of hydrogen-bond acceptors (Lipinski definition) is 7. The number of anilines is 2. The van der Waals surface area contributed by atoms with Gasteiger partial charge in [0.2, 0.25) is 11.9 Å². The topological polar surface area (TPSA) is 120 Å². The molecule has 35 heavy (non-hydrogen) atoms. The Hall–Kier alpha value is -3.92. The van der Waals surface area contributed by atoms with Gasteiger partial charge in [0, 0.05) is 23.2 Å². The summed E-state index contributed by atoms with van der Waals surface area (Å²) >= 11 is 0. The highest BCUT2D eigenvalue weighted by Gasteiger charge is 2.16. The van der Waals surface area contributed by atoms with Gasteiger partial charge in [-0.25, -0.2) is 23.1 Å². The number of carbonyl (C=O) groups excluding carboxylic acids is 1. The highest BCUT2D eigenvalue weighted by atomic mass is 32.2. The summed E-state index contributed by atoms with van der Waals surface area (Å²) in [6, 6.07) is 13.0. The summed E-state index contributed by atoms with van der Waals surface area (Å²) in [4.78, 5) is 20.6. The fourth-order valence-corrected chi connectivity index (χ4v) is 4.14. The molecule has 0 saturated carbocycles. The second kappa shape index (κ2) is 11.5. The molecule has 9 nitrogen and oxygen atoms in total. The van der Waals surface area contributed by atoms with E-state index in [0.717, 1.165) is 5.56 Å². The second-order valence-electron chi connectivity index (χ2n) is 7.50. The van der Waals surface area contributed by atoms with Crippen LogP contribution >= 0.6 is 0 Å². The Labute approximate surface area is 205 Å². The van der Waals surface area contributed by atoms with Crippen LogP contribution in [0.5, 0.6) is 11.5 Å². The fraction of sp³-hybridized carbons (Fsp3) is 0.240. The van der Waals surface area contributed by atoms with Crippen molar-refractivity contribution < 1.29 is 22.7 Å². The monoisotopic (exact) mass is 496 g/mol. The third-order valence-corrected chi connectivity index (χ3v) is 5.98. The summed E-state index contributed by atoms with van der Waals surface area (Å²) in [5, 5.41) is 2.71. The largest absolute Gasteiger partial charge is 0.490 e. The van der Waals surface area contributed by atoms with E-state index in [-0.39, 0.29) is 16.8 Å². The van der Waals surface area contributed by atoms with E-state index in [2.05, 4.69) is 20.0 Å². The van der Waals surface area contributed by atoms with Crippen LogP contribution in [0.3, 0.4) is 0 Å². The smallest absolute Gasteiger partial charge is 0.264 e. The molecule has 0 spiro atoms. The standard InChI is InChI=1S/C25H28N4O5S/c1-5-33-22-13-7-19(16-23(22)34-6-2)8-14-24(30)28-20-9-11-21(12-10-20)35(31,32)29-25-26-17(3)15-18(4)27-25/h7-16H,5-6H2,1-4H3,(H,28,30)(H,26,27,29). The molecule has 0 aliphatic carbocycles. The van der Waals surface area contributed by atoms with Crippen LogP contribution in [0.25, 0.3) is 6.08 Å². The first-order valence-corrected chi connectivity index (χ1v) is 12.5. The molecule has 0 saturated heterocycles. The Morgan fingerprint density at radius 3 is 2.17 bits per heavy atom. The SMILES string of the molecule is CCOc1ccc(C=CC(=O)Nc2ccc(S(=O)(=O)Nc3nc(C)cc(C)n3)cc2)cc1OCC. The van der Waals surface area contributed by atoms with E-state index in [1.165, 1.54) is 30.3 Å². The summed E-state index contributed by atoms with van der Waals surface area (Å²) in [5.41, 5.74) is 2.53. The number of benzene rings is 2. The van der Waals surface area contributed by atoms with Crippen molar-refractivity contribution in [1.29, 1.82) is 0 Å². The molecule has 3 rings (SSSR count). The zero-order valence-corrected chi connectivity index (χ0v) is 20.8. The van der Waals surface area contributed by atoms with Crippen molar-refractivity contribution in [3.8, 4) is 11.5 Å². The number of nitrogens with zero attached hydrogens (tertiary/aromatic N) is 2. The molecule has 2 N–H and O–H groups in total. The van der Waals surface area contributed by atoms with Crippen molar-refractivity contribution in [1.82, 2.24) is 9.97 Å². The average molecular weight is 497 g/mol. The van der Waals surface area contributed by atoms with Gasteiger partial charge in [-0.15, -0.1) is 0 Å². The van der Waals surface area contributed by atoms with Crippen LogP contribution in [0, 0.1) is 13.8 Å². The van der Waals surface area contributed by atoms with Gasteiger partial charge in [0.15, 0.2) is 11.5 Å². The minimum Gasteiger partial charge on any atom is -0.490 e. The lowest BCUT2D eigenvalue weighted by Crippen LogP contribution is -2.16. The molecular weight excluding hydrogens is 468 g/mol. The van der Waals surface area contributed by atoms with Gasteiger partial charge in [0.05, 0.1) is 18.1 Å². The van der Waals surface area contributed by atoms with Crippen LogP contribution in [-0.2, 0) is 14.8 Å². The lowest BCUT2D eigenvalue weighted by Gasteiger charge is -2.11. The Morgan fingerprint density at radius 1 is 0.914 bits per heavy atom. The molecule has 2 aromatic carbocycles. The molecule has 1 heterocycles. The highest BCUT2D eigenvalue weighted by Crippen LogP contribution is 2.29. The predicted molar refractivity (Wildman–Crippen MR) is 135 cm³/mol. The number of ether oxygens (including phenoxy) is 2. The average Bonchev–Trinajstić information content (AvgIpc) is 2.79. The van der Waals surface area contributed by atoms with Gasteiger partial charge in [-0.05, 0) is 81.8 Å². The van der Waals surface area contributed by atoms with Crippen LogP contribution < -0.4 is 19.5 Å². The van der Waals surface area contributed by atoms with Gasteiger partial charge in [-0.2, -0.15) is 0 Å². The number of rotatable bonds is 10. The van der Waals surface area contributed by atoms with Crippen molar-refractivity contribution in [3.05, 3.63) is 71.6 Å². The van der Waals surface area contributed by atoms with Crippen molar-refractivity contribution in [3.63, 3.8) is 0 Å². The van der Waals surface area contributed by atoms with Crippen LogP contribution in [0.2, 0.25) is 0 Å². The van der Waals surface area contributed by atoms with Gasteiger partial charge >= 0.3 is 0 Å². The molecule has 10 heteroatoms. The zero-order valence-electron chi connectivity index (χ0n) is 20.0. The molecule has 0 atom stereocenters. The number of aromatic nitrogens is 2. The van der Waals surface area contributed by atoms with Crippen LogP contribution in [0.4, 0.5) is 11.6 Å². The molecule has 0 aliphatic rings. The summed E-state index contributed by atoms with van der Waals surface area (Å²) in [6.45, 7) is 8.31. The minimum absolute atomic E-state index is 0.00630. The quantitative estimate of drug-likeness (QED) is 0.401. The van der Waals surface area contributed by atoms with Crippen LogP contribution in [0.1, 0.15) is 30.8 Å². The van der Waals surface area contributed by atoms with E-state index in [0.29, 0.717) is 41.8 Å². The highest BCUT2D eigenvalue weighted by molar-refractivity contribution is 7.92. The van der Waals surface area contributed by atoms with E-state index in [1.807, 2.05) is 19.9 Å². The number of aryl methyl sites for hydroxylation is 2. The Kier molecular flexibility index (Phi) is 8.43. The van der Waals surface area contributed by atoms with Crippen LogP contribution in [0.15, 0.2) is 59.5 Å². The van der Waals surface area contributed by atoms with Gasteiger partial charge in [-0.1, -0.05) is 6.07 Å². The number of carbonyl (C=O) groups is 1.